The lowest BCUT2D eigenvalue weighted by molar-refractivity contribution is 0.0600. The second-order valence-electron chi connectivity index (χ2n) is 7.90. The van der Waals surface area contributed by atoms with E-state index in [0.717, 1.165) is 29.8 Å². The highest BCUT2D eigenvalue weighted by atomic mass is 32.2. The van der Waals surface area contributed by atoms with Crippen LogP contribution in [0.3, 0.4) is 0 Å². The average Bonchev–Trinajstić information content (AvgIpc) is 3.15. The number of methoxy groups -OCH3 is 1. The van der Waals surface area contributed by atoms with E-state index < -0.39 is 21.7 Å². The number of thiophene rings is 1. The van der Waals surface area contributed by atoms with Crippen LogP contribution in [0.25, 0.3) is 0 Å². The van der Waals surface area contributed by atoms with Crippen molar-refractivity contribution in [2.45, 2.75) is 24.4 Å². The minimum Gasteiger partial charge on any atom is -0.465 e. The third-order valence-corrected chi connectivity index (χ3v) is 7.77. The molecule has 2 heterocycles. The number of sulfone groups is 1. The number of fused-ring (bicyclic) bond motifs is 1. The van der Waals surface area contributed by atoms with Crippen molar-refractivity contribution < 1.29 is 22.7 Å². The van der Waals surface area contributed by atoms with Crippen LogP contribution < -0.4 is 5.32 Å². The van der Waals surface area contributed by atoms with Crippen LogP contribution in [0.1, 0.15) is 36.7 Å². The SMILES string of the molecule is COC(=O)c1c(NC(=O)c2cccc(S(C)(=O)=O)c2)sc2c1CCN(Cc1ccccc1)C2. The number of nitrogens with zero attached hydrogens (tertiary/aromatic N) is 1. The number of anilines is 1. The van der Waals surface area contributed by atoms with Gasteiger partial charge in [0.2, 0.25) is 0 Å². The van der Waals surface area contributed by atoms with Gasteiger partial charge < -0.3 is 10.1 Å². The number of ether oxygens (including phenoxy) is 1. The standard InChI is InChI=1S/C24H24N2O5S2/c1-31-24(28)21-19-11-12-26(14-16-7-4-3-5-8-16)15-20(19)32-23(21)25-22(27)17-9-6-10-18(13-17)33(2,29)30/h3-10,13H,11-12,14-15H2,1-2H3,(H,25,27). The summed E-state index contributed by atoms with van der Waals surface area (Å²) in [5.74, 6) is -0.977. The molecule has 1 amide bonds. The number of hydrogen-bond donors (Lipinski definition) is 1. The first-order valence-corrected chi connectivity index (χ1v) is 13.1. The number of hydrogen-bond acceptors (Lipinski definition) is 7. The van der Waals surface area contributed by atoms with Crippen LogP contribution in [0.4, 0.5) is 5.00 Å². The number of carbonyl (C=O) groups is 2. The van der Waals surface area contributed by atoms with Crippen LogP contribution in [0.2, 0.25) is 0 Å². The van der Waals surface area contributed by atoms with Gasteiger partial charge in [0.25, 0.3) is 5.91 Å². The maximum absolute atomic E-state index is 12.9. The molecule has 9 heteroatoms. The third-order valence-electron chi connectivity index (χ3n) is 5.53. The van der Waals surface area contributed by atoms with Gasteiger partial charge in [-0.2, -0.15) is 0 Å². The van der Waals surface area contributed by atoms with Crippen molar-refractivity contribution in [3.63, 3.8) is 0 Å². The molecule has 0 saturated heterocycles. The molecule has 7 nitrogen and oxygen atoms in total. The second kappa shape index (κ2) is 9.46. The molecule has 0 saturated carbocycles. The van der Waals surface area contributed by atoms with Crippen molar-refractivity contribution in [2.24, 2.45) is 0 Å². The zero-order valence-electron chi connectivity index (χ0n) is 18.3. The first kappa shape index (κ1) is 23.2. The molecular formula is C24H24N2O5S2. The smallest absolute Gasteiger partial charge is 0.341 e. The van der Waals surface area contributed by atoms with E-state index in [2.05, 4.69) is 22.3 Å². The number of benzene rings is 2. The number of carbonyl (C=O) groups excluding carboxylic acids is 2. The van der Waals surface area contributed by atoms with Crippen LogP contribution in [-0.4, -0.2) is 45.1 Å². The van der Waals surface area contributed by atoms with Gasteiger partial charge in [0.15, 0.2) is 9.84 Å². The van der Waals surface area contributed by atoms with E-state index in [1.165, 1.54) is 48.3 Å². The Kier molecular flexibility index (Phi) is 6.64. The molecule has 2 aromatic carbocycles. The first-order chi connectivity index (χ1) is 15.8. The molecule has 1 aliphatic heterocycles. The van der Waals surface area contributed by atoms with Crippen LogP contribution >= 0.6 is 11.3 Å². The largest absolute Gasteiger partial charge is 0.465 e. The second-order valence-corrected chi connectivity index (χ2v) is 11.0. The molecular weight excluding hydrogens is 460 g/mol. The summed E-state index contributed by atoms with van der Waals surface area (Å²) in [6.07, 6.45) is 1.76. The molecule has 0 spiro atoms. The third kappa shape index (κ3) is 5.16. The molecule has 1 aromatic heterocycles. The van der Waals surface area contributed by atoms with E-state index in [-0.39, 0.29) is 10.5 Å². The number of rotatable bonds is 6. The Labute approximate surface area is 196 Å². The Balaban J connectivity index is 1.60. The van der Waals surface area contributed by atoms with Gasteiger partial charge in [-0.25, -0.2) is 13.2 Å². The lowest BCUT2D eigenvalue weighted by Gasteiger charge is -2.27. The predicted octanol–water partition coefficient (Wildman–Crippen LogP) is 3.75. The normalized spacial score (nSPS) is 13.9. The fourth-order valence-corrected chi connectivity index (χ4v) is 5.82. The van der Waals surface area contributed by atoms with Crippen LogP contribution in [-0.2, 0) is 34.1 Å². The van der Waals surface area contributed by atoms with Crippen LogP contribution in [0, 0.1) is 0 Å². The number of esters is 1. The Hall–Kier alpha value is -3.01. The molecule has 0 aliphatic carbocycles. The predicted molar refractivity (Wildman–Crippen MR) is 127 cm³/mol. The van der Waals surface area contributed by atoms with Gasteiger partial charge in [0.1, 0.15) is 5.00 Å². The van der Waals surface area contributed by atoms with E-state index in [1.807, 2.05) is 18.2 Å². The Bertz CT molecular complexity index is 1300. The highest BCUT2D eigenvalue weighted by Gasteiger charge is 2.29. The zero-order valence-corrected chi connectivity index (χ0v) is 20.0. The summed E-state index contributed by atoms with van der Waals surface area (Å²) in [7, 11) is -2.13. The summed E-state index contributed by atoms with van der Waals surface area (Å²) < 4.78 is 28.7. The summed E-state index contributed by atoms with van der Waals surface area (Å²) in [5, 5.41) is 3.23. The molecule has 0 bridgehead atoms. The average molecular weight is 485 g/mol. The number of nitrogens with one attached hydrogen (secondary N) is 1. The maximum atomic E-state index is 12.9. The van der Waals surface area contributed by atoms with Crippen molar-refractivity contribution in [2.75, 3.05) is 25.2 Å². The van der Waals surface area contributed by atoms with Crippen molar-refractivity contribution in [1.29, 1.82) is 0 Å². The van der Waals surface area contributed by atoms with Crippen molar-refractivity contribution in [3.05, 3.63) is 81.7 Å². The molecule has 1 aliphatic rings. The van der Waals surface area contributed by atoms with Gasteiger partial charge in [-0.1, -0.05) is 36.4 Å². The molecule has 1 N–H and O–H groups in total. The summed E-state index contributed by atoms with van der Waals surface area (Å²) in [5.41, 5.74) is 2.69. The van der Waals surface area contributed by atoms with Crippen molar-refractivity contribution >= 4 is 38.1 Å². The van der Waals surface area contributed by atoms with E-state index in [4.69, 9.17) is 4.74 Å². The monoisotopic (exact) mass is 484 g/mol. The topological polar surface area (TPSA) is 92.8 Å². The molecule has 3 aromatic rings. The Morgan fingerprint density at radius 3 is 2.58 bits per heavy atom. The highest BCUT2D eigenvalue weighted by molar-refractivity contribution is 7.90. The maximum Gasteiger partial charge on any atom is 0.341 e. The fraction of sp³-hybridized carbons (Fsp3) is 0.250. The minimum absolute atomic E-state index is 0.0605. The fourth-order valence-electron chi connectivity index (χ4n) is 3.88. The Morgan fingerprint density at radius 2 is 1.88 bits per heavy atom. The lowest BCUT2D eigenvalue weighted by Crippen LogP contribution is -2.29. The molecule has 33 heavy (non-hydrogen) atoms. The van der Waals surface area contributed by atoms with Gasteiger partial charge in [0, 0.05) is 36.3 Å². The lowest BCUT2D eigenvalue weighted by atomic mass is 10.0. The molecule has 0 atom stereocenters. The van der Waals surface area contributed by atoms with Crippen molar-refractivity contribution in [1.82, 2.24) is 4.90 Å². The molecule has 172 valence electrons. The van der Waals surface area contributed by atoms with E-state index in [1.54, 1.807) is 0 Å². The van der Waals surface area contributed by atoms with Gasteiger partial charge in [-0.05, 0) is 35.7 Å². The van der Waals surface area contributed by atoms with E-state index in [0.29, 0.717) is 23.5 Å². The minimum atomic E-state index is -3.45. The Morgan fingerprint density at radius 1 is 1.12 bits per heavy atom. The van der Waals surface area contributed by atoms with E-state index >= 15 is 0 Å². The van der Waals surface area contributed by atoms with E-state index in [9.17, 15) is 18.0 Å². The van der Waals surface area contributed by atoms with Crippen LogP contribution in [0.5, 0.6) is 0 Å². The summed E-state index contributed by atoms with van der Waals surface area (Å²) in [4.78, 5) is 28.9. The highest BCUT2D eigenvalue weighted by Crippen LogP contribution is 2.38. The summed E-state index contributed by atoms with van der Waals surface area (Å²) in [6.45, 7) is 2.25. The molecule has 0 unspecified atom stereocenters. The van der Waals surface area contributed by atoms with Crippen molar-refractivity contribution in [3.8, 4) is 0 Å². The zero-order chi connectivity index (χ0) is 23.6. The van der Waals surface area contributed by atoms with Gasteiger partial charge in [0.05, 0.1) is 17.6 Å². The number of amides is 1. The summed E-state index contributed by atoms with van der Waals surface area (Å²) >= 11 is 1.36. The first-order valence-electron chi connectivity index (χ1n) is 10.4. The molecule has 0 radical (unpaired) electrons. The van der Waals surface area contributed by atoms with Gasteiger partial charge in [-0.3, -0.25) is 9.69 Å². The van der Waals surface area contributed by atoms with Crippen LogP contribution in [0.15, 0.2) is 59.5 Å². The summed E-state index contributed by atoms with van der Waals surface area (Å²) in [6, 6.07) is 16.0. The quantitative estimate of drug-likeness (QED) is 0.536. The van der Waals surface area contributed by atoms with Gasteiger partial charge in [-0.15, -0.1) is 11.3 Å². The molecule has 0 fully saturated rings. The van der Waals surface area contributed by atoms with Gasteiger partial charge >= 0.3 is 5.97 Å². The molecule has 4 rings (SSSR count).